The van der Waals surface area contributed by atoms with Crippen LogP contribution in [0.15, 0.2) is 10.6 Å². The van der Waals surface area contributed by atoms with Crippen LogP contribution in [0.3, 0.4) is 0 Å². The number of oxazole rings is 1. The monoisotopic (exact) mass is 268 g/mol. The Morgan fingerprint density at radius 3 is 2.79 bits per heavy atom. The zero-order chi connectivity index (χ0) is 14.1. The summed E-state index contributed by atoms with van der Waals surface area (Å²) in [6, 6.07) is 0. The summed E-state index contributed by atoms with van der Waals surface area (Å²) in [4.78, 5) is 4.32. The smallest absolute Gasteiger partial charge is 0.194 e. The second-order valence-electron chi connectivity index (χ2n) is 5.51. The maximum absolute atomic E-state index is 5.71. The number of hydrogen-bond acceptors (Lipinski definition) is 4. The topological polar surface area (TPSA) is 47.3 Å². The predicted molar refractivity (Wildman–Crippen MR) is 77.3 cm³/mol. The minimum absolute atomic E-state index is 0.272. The van der Waals surface area contributed by atoms with Gasteiger partial charge in [0.2, 0.25) is 0 Å². The Kier molecular flexibility index (Phi) is 7.75. The van der Waals surface area contributed by atoms with Crippen LogP contribution in [0, 0.1) is 5.92 Å². The van der Waals surface area contributed by atoms with E-state index in [1.54, 1.807) is 7.11 Å². The molecule has 19 heavy (non-hydrogen) atoms. The lowest BCUT2D eigenvalue weighted by Crippen LogP contribution is -2.21. The van der Waals surface area contributed by atoms with E-state index in [2.05, 4.69) is 31.1 Å². The summed E-state index contributed by atoms with van der Waals surface area (Å²) in [6.45, 7) is 8.60. The fourth-order valence-electron chi connectivity index (χ4n) is 1.80. The van der Waals surface area contributed by atoms with Crippen molar-refractivity contribution in [1.82, 2.24) is 10.3 Å². The molecule has 110 valence electrons. The highest BCUT2D eigenvalue weighted by molar-refractivity contribution is 4.94. The molecule has 0 saturated heterocycles. The van der Waals surface area contributed by atoms with Crippen LogP contribution in [-0.2, 0) is 17.6 Å². The Labute approximate surface area is 116 Å². The van der Waals surface area contributed by atoms with Crippen LogP contribution in [0.5, 0.6) is 0 Å². The maximum Gasteiger partial charge on any atom is 0.194 e. The standard InChI is InChI=1S/C15H28N2O2/c1-12(2)10-16-9-5-6-15-17-11-14(19-15)8-7-13(3)18-4/h11-13,16H,5-10H2,1-4H3. The van der Waals surface area contributed by atoms with Gasteiger partial charge in [-0.2, -0.15) is 0 Å². The van der Waals surface area contributed by atoms with Crippen molar-refractivity contribution < 1.29 is 9.15 Å². The second kappa shape index (κ2) is 9.10. The lowest BCUT2D eigenvalue weighted by molar-refractivity contribution is 0.110. The van der Waals surface area contributed by atoms with Crippen LogP contribution < -0.4 is 5.32 Å². The highest BCUT2D eigenvalue weighted by atomic mass is 16.5. The van der Waals surface area contributed by atoms with E-state index in [4.69, 9.17) is 9.15 Å². The molecule has 4 heteroatoms. The SMILES string of the molecule is COC(C)CCc1cnc(CCCNCC(C)C)o1. The van der Waals surface area contributed by atoms with E-state index >= 15 is 0 Å². The van der Waals surface area contributed by atoms with Gasteiger partial charge >= 0.3 is 0 Å². The maximum atomic E-state index is 5.71. The molecule has 1 rings (SSSR count). The normalized spacial score (nSPS) is 13.1. The van der Waals surface area contributed by atoms with Crippen molar-refractivity contribution in [1.29, 1.82) is 0 Å². The molecule has 4 nitrogen and oxygen atoms in total. The lowest BCUT2D eigenvalue weighted by Gasteiger charge is -2.06. The van der Waals surface area contributed by atoms with Gasteiger partial charge in [0.15, 0.2) is 5.89 Å². The van der Waals surface area contributed by atoms with Gasteiger partial charge in [0.05, 0.1) is 12.3 Å². The van der Waals surface area contributed by atoms with Gasteiger partial charge in [0.1, 0.15) is 5.76 Å². The number of nitrogens with zero attached hydrogens (tertiary/aromatic N) is 1. The number of rotatable bonds is 10. The molecule has 1 aromatic rings. The first-order valence-electron chi connectivity index (χ1n) is 7.29. The molecule has 0 spiro atoms. The molecule has 1 unspecified atom stereocenters. The largest absolute Gasteiger partial charge is 0.446 e. The van der Waals surface area contributed by atoms with Crippen molar-refractivity contribution in [3.63, 3.8) is 0 Å². The molecule has 0 radical (unpaired) electrons. The van der Waals surface area contributed by atoms with Gasteiger partial charge in [-0.1, -0.05) is 13.8 Å². The molecule has 0 fully saturated rings. The van der Waals surface area contributed by atoms with Gasteiger partial charge < -0.3 is 14.5 Å². The van der Waals surface area contributed by atoms with Crippen molar-refractivity contribution >= 4 is 0 Å². The quantitative estimate of drug-likeness (QED) is 0.663. The Balaban J connectivity index is 2.16. The Morgan fingerprint density at radius 2 is 2.11 bits per heavy atom. The summed E-state index contributed by atoms with van der Waals surface area (Å²) < 4.78 is 10.9. The van der Waals surface area contributed by atoms with Crippen molar-refractivity contribution in [3.05, 3.63) is 17.8 Å². The molecule has 1 heterocycles. The van der Waals surface area contributed by atoms with Crippen LogP contribution in [0.1, 0.15) is 45.3 Å². The summed E-state index contributed by atoms with van der Waals surface area (Å²) in [5, 5.41) is 3.42. The molecule has 1 aromatic heterocycles. The third-order valence-electron chi connectivity index (χ3n) is 3.10. The number of ether oxygens (including phenoxy) is 1. The van der Waals surface area contributed by atoms with Gasteiger partial charge in [-0.3, -0.25) is 0 Å². The molecule has 0 aliphatic carbocycles. The van der Waals surface area contributed by atoms with E-state index in [1.807, 2.05) is 6.20 Å². The summed E-state index contributed by atoms with van der Waals surface area (Å²) in [7, 11) is 1.74. The van der Waals surface area contributed by atoms with E-state index in [9.17, 15) is 0 Å². The molecule has 1 atom stereocenters. The predicted octanol–water partition coefficient (Wildman–Crippen LogP) is 2.82. The summed E-state index contributed by atoms with van der Waals surface area (Å²) in [5.74, 6) is 2.52. The molecule has 0 saturated carbocycles. The molecule has 0 aromatic carbocycles. The number of aromatic nitrogens is 1. The van der Waals surface area contributed by atoms with Crippen molar-refractivity contribution in [2.24, 2.45) is 5.92 Å². The molecular formula is C15H28N2O2. The summed E-state index contributed by atoms with van der Waals surface area (Å²) in [5.41, 5.74) is 0. The van der Waals surface area contributed by atoms with E-state index in [1.165, 1.54) is 0 Å². The lowest BCUT2D eigenvalue weighted by atomic mass is 10.2. The van der Waals surface area contributed by atoms with Crippen molar-refractivity contribution in [2.45, 2.75) is 52.6 Å². The highest BCUT2D eigenvalue weighted by Gasteiger charge is 2.06. The van der Waals surface area contributed by atoms with Crippen LogP contribution in [-0.4, -0.2) is 31.3 Å². The third-order valence-corrected chi connectivity index (χ3v) is 3.10. The zero-order valence-electron chi connectivity index (χ0n) is 12.7. The molecule has 0 aliphatic rings. The van der Waals surface area contributed by atoms with E-state index in [0.29, 0.717) is 5.92 Å². The minimum Gasteiger partial charge on any atom is -0.446 e. The van der Waals surface area contributed by atoms with Crippen molar-refractivity contribution in [3.8, 4) is 0 Å². The van der Waals surface area contributed by atoms with Crippen LogP contribution in [0.2, 0.25) is 0 Å². The van der Waals surface area contributed by atoms with Gasteiger partial charge in [0, 0.05) is 20.0 Å². The zero-order valence-corrected chi connectivity index (χ0v) is 12.7. The van der Waals surface area contributed by atoms with E-state index < -0.39 is 0 Å². The average Bonchev–Trinajstić information content (AvgIpc) is 2.83. The van der Waals surface area contributed by atoms with Crippen LogP contribution in [0.25, 0.3) is 0 Å². The first-order valence-corrected chi connectivity index (χ1v) is 7.29. The molecule has 1 N–H and O–H groups in total. The summed E-state index contributed by atoms with van der Waals surface area (Å²) in [6.07, 6.45) is 5.97. The average molecular weight is 268 g/mol. The van der Waals surface area contributed by atoms with E-state index in [-0.39, 0.29) is 6.10 Å². The van der Waals surface area contributed by atoms with Gasteiger partial charge in [-0.15, -0.1) is 0 Å². The molecule has 0 bridgehead atoms. The number of nitrogens with one attached hydrogen (secondary N) is 1. The second-order valence-corrected chi connectivity index (χ2v) is 5.51. The number of aryl methyl sites for hydroxylation is 2. The number of hydrogen-bond donors (Lipinski definition) is 1. The minimum atomic E-state index is 0.272. The van der Waals surface area contributed by atoms with Crippen LogP contribution in [0.4, 0.5) is 0 Å². The first-order chi connectivity index (χ1) is 9.11. The third kappa shape index (κ3) is 7.33. The van der Waals surface area contributed by atoms with Crippen LogP contribution >= 0.6 is 0 Å². The molecular weight excluding hydrogens is 240 g/mol. The fraction of sp³-hybridized carbons (Fsp3) is 0.800. The first kappa shape index (κ1) is 16.2. The van der Waals surface area contributed by atoms with Crippen molar-refractivity contribution in [2.75, 3.05) is 20.2 Å². The Bertz CT molecular complexity index is 337. The fourth-order valence-corrected chi connectivity index (χ4v) is 1.80. The molecule has 0 amide bonds. The number of methoxy groups -OCH3 is 1. The Hall–Kier alpha value is -0.870. The highest BCUT2D eigenvalue weighted by Crippen LogP contribution is 2.10. The Morgan fingerprint density at radius 1 is 1.32 bits per heavy atom. The van der Waals surface area contributed by atoms with Gasteiger partial charge in [-0.25, -0.2) is 4.98 Å². The van der Waals surface area contributed by atoms with E-state index in [0.717, 1.165) is 50.4 Å². The van der Waals surface area contributed by atoms with Gasteiger partial charge in [0.25, 0.3) is 0 Å². The molecule has 0 aliphatic heterocycles. The van der Waals surface area contributed by atoms with Gasteiger partial charge in [-0.05, 0) is 38.8 Å². The summed E-state index contributed by atoms with van der Waals surface area (Å²) >= 11 is 0.